The van der Waals surface area contributed by atoms with Crippen LogP contribution >= 0.6 is 18.2 Å². The van der Waals surface area contributed by atoms with Crippen LogP contribution in [0.1, 0.15) is 11.1 Å². The molecule has 0 aliphatic heterocycles. The van der Waals surface area contributed by atoms with Crippen molar-refractivity contribution >= 4 is 18.2 Å². The number of hydrogen-bond acceptors (Lipinski definition) is 5. The summed E-state index contributed by atoms with van der Waals surface area (Å²) in [4.78, 5) is 0. The topological polar surface area (TPSA) is 76.0 Å². The number of phenolic OH excluding ortho intramolecular Hbond substituents is 2. The summed E-state index contributed by atoms with van der Waals surface area (Å²) in [5, 5.41) is 19.1. The number of rotatable bonds is 6. The van der Waals surface area contributed by atoms with Gasteiger partial charge in [0.2, 0.25) is 0 Å². The zero-order valence-electron chi connectivity index (χ0n) is 11.0. The third kappa shape index (κ3) is 4.76. The van der Waals surface area contributed by atoms with Gasteiger partial charge in [-0.15, -0.1) is 0 Å². The second kappa shape index (κ2) is 6.96. The molecule has 2 rings (SSSR count). The Balaban J connectivity index is 1.92. The molecule has 0 aromatic heterocycles. The summed E-state index contributed by atoms with van der Waals surface area (Å²) in [6, 6.07) is 13.0. The monoisotopic (exact) mass is 328 g/mol. The summed E-state index contributed by atoms with van der Waals surface area (Å²) in [7, 11) is 0. The SMILES string of the molecule is O=P(Cl)(OCc1ccccc1O)OCc1ccccc1O. The molecular formula is C14H14ClO5P. The highest BCUT2D eigenvalue weighted by atomic mass is 35.7. The predicted octanol–water partition coefficient (Wildman–Crippen LogP) is 4.18. The zero-order chi connectivity index (χ0) is 15.3. The molecule has 112 valence electrons. The molecule has 5 nitrogen and oxygen atoms in total. The summed E-state index contributed by atoms with van der Waals surface area (Å²) in [6.07, 6.45) is 0. The minimum atomic E-state index is -3.81. The fourth-order valence-corrected chi connectivity index (χ4v) is 2.55. The molecule has 2 N–H and O–H groups in total. The first-order valence-electron chi connectivity index (χ1n) is 6.10. The molecule has 0 unspecified atom stereocenters. The van der Waals surface area contributed by atoms with E-state index in [2.05, 4.69) is 0 Å². The van der Waals surface area contributed by atoms with Gasteiger partial charge >= 0.3 is 6.95 Å². The van der Waals surface area contributed by atoms with Crippen molar-refractivity contribution in [2.45, 2.75) is 13.2 Å². The highest BCUT2D eigenvalue weighted by Gasteiger charge is 2.22. The first kappa shape index (κ1) is 15.9. The highest BCUT2D eigenvalue weighted by Crippen LogP contribution is 2.55. The van der Waals surface area contributed by atoms with Crippen LogP contribution in [-0.4, -0.2) is 10.2 Å². The Morgan fingerprint density at radius 1 is 0.857 bits per heavy atom. The molecule has 0 spiro atoms. The lowest BCUT2D eigenvalue weighted by atomic mass is 10.2. The molecule has 0 radical (unpaired) electrons. The van der Waals surface area contributed by atoms with Gasteiger partial charge in [-0.25, -0.2) is 4.57 Å². The van der Waals surface area contributed by atoms with E-state index in [0.717, 1.165) is 0 Å². The third-order valence-corrected chi connectivity index (χ3v) is 4.19. The predicted molar refractivity (Wildman–Crippen MR) is 79.3 cm³/mol. The summed E-state index contributed by atoms with van der Waals surface area (Å²) < 4.78 is 22.0. The maximum atomic E-state index is 11.9. The van der Waals surface area contributed by atoms with Gasteiger partial charge in [0.1, 0.15) is 11.5 Å². The van der Waals surface area contributed by atoms with Gasteiger partial charge in [0.25, 0.3) is 0 Å². The van der Waals surface area contributed by atoms with Gasteiger partial charge in [-0.2, -0.15) is 0 Å². The second-order valence-corrected chi connectivity index (χ2v) is 6.85. The van der Waals surface area contributed by atoms with Crippen LogP contribution in [0.5, 0.6) is 11.5 Å². The van der Waals surface area contributed by atoms with Crippen molar-refractivity contribution in [1.29, 1.82) is 0 Å². The minimum Gasteiger partial charge on any atom is -0.508 e. The Kier molecular flexibility index (Phi) is 5.26. The van der Waals surface area contributed by atoms with Gasteiger partial charge in [0.15, 0.2) is 0 Å². The smallest absolute Gasteiger partial charge is 0.424 e. The molecule has 2 aromatic rings. The lowest BCUT2D eigenvalue weighted by Crippen LogP contribution is -1.94. The number of benzene rings is 2. The van der Waals surface area contributed by atoms with Crippen LogP contribution in [0.25, 0.3) is 0 Å². The van der Waals surface area contributed by atoms with Gasteiger partial charge in [0.05, 0.1) is 13.2 Å². The molecule has 0 bridgehead atoms. The van der Waals surface area contributed by atoms with Crippen molar-refractivity contribution in [1.82, 2.24) is 0 Å². The molecule has 0 saturated heterocycles. The van der Waals surface area contributed by atoms with Gasteiger partial charge in [-0.05, 0) is 12.1 Å². The van der Waals surface area contributed by atoms with Crippen LogP contribution in [0.3, 0.4) is 0 Å². The van der Waals surface area contributed by atoms with Crippen molar-refractivity contribution in [2.75, 3.05) is 0 Å². The van der Waals surface area contributed by atoms with Gasteiger partial charge in [0, 0.05) is 22.4 Å². The second-order valence-electron chi connectivity index (χ2n) is 4.23. The number of hydrogen-bond donors (Lipinski definition) is 2. The third-order valence-electron chi connectivity index (χ3n) is 2.73. The summed E-state index contributed by atoms with van der Waals surface area (Å²) in [6.45, 7) is -4.10. The van der Waals surface area contributed by atoms with E-state index in [1.807, 2.05) is 0 Å². The maximum Gasteiger partial charge on any atom is 0.424 e. The van der Waals surface area contributed by atoms with Gasteiger partial charge < -0.3 is 10.2 Å². The molecule has 0 atom stereocenters. The normalized spacial score (nSPS) is 11.5. The van der Waals surface area contributed by atoms with Crippen molar-refractivity contribution < 1.29 is 23.8 Å². The first-order chi connectivity index (χ1) is 9.98. The molecule has 0 saturated carbocycles. The van der Waals surface area contributed by atoms with E-state index < -0.39 is 6.95 Å². The fraction of sp³-hybridized carbons (Fsp3) is 0.143. The standard InChI is InChI=1S/C14H14ClO5P/c15-21(18,19-9-11-5-1-3-7-13(11)16)20-10-12-6-2-4-8-14(12)17/h1-8,16-17H,9-10H2. The quantitative estimate of drug-likeness (QED) is 0.778. The van der Waals surface area contributed by atoms with Crippen LogP contribution < -0.4 is 0 Å². The highest BCUT2D eigenvalue weighted by molar-refractivity contribution is 7.81. The Bertz CT molecular complexity index is 608. The zero-order valence-corrected chi connectivity index (χ0v) is 12.6. The van der Waals surface area contributed by atoms with E-state index in [9.17, 15) is 14.8 Å². The van der Waals surface area contributed by atoms with Gasteiger partial charge in [-0.3, -0.25) is 9.05 Å². The van der Waals surface area contributed by atoms with Crippen LogP contribution in [0, 0.1) is 0 Å². The molecule has 0 fully saturated rings. The van der Waals surface area contributed by atoms with E-state index in [0.29, 0.717) is 11.1 Å². The van der Waals surface area contributed by atoms with Crippen molar-refractivity contribution in [3.8, 4) is 11.5 Å². The lowest BCUT2D eigenvalue weighted by molar-refractivity contribution is 0.202. The lowest BCUT2D eigenvalue weighted by Gasteiger charge is -2.13. The van der Waals surface area contributed by atoms with Crippen LogP contribution in [-0.2, 0) is 26.8 Å². The van der Waals surface area contributed by atoms with E-state index in [1.165, 1.54) is 12.1 Å². The molecule has 0 aliphatic rings. The fourth-order valence-electron chi connectivity index (χ4n) is 1.60. The van der Waals surface area contributed by atoms with Crippen LogP contribution in [0.4, 0.5) is 0 Å². The number of aromatic hydroxyl groups is 2. The Labute approximate surface area is 127 Å². The average molecular weight is 329 g/mol. The summed E-state index contributed by atoms with van der Waals surface area (Å²) in [5.41, 5.74) is 0.897. The molecule has 0 amide bonds. The molecule has 0 aliphatic carbocycles. The molecular weight excluding hydrogens is 315 g/mol. The van der Waals surface area contributed by atoms with Crippen molar-refractivity contribution in [2.24, 2.45) is 0 Å². The minimum absolute atomic E-state index is 0.0230. The van der Waals surface area contributed by atoms with Crippen molar-refractivity contribution in [3.05, 3.63) is 59.7 Å². The molecule has 21 heavy (non-hydrogen) atoms. The van der Waals surface area contributed by atoms with Crippen LogP contribution in [0.2, 0.25) is 0 Å². The Morgan fingerprint density at radius 3 is 1.62 bits per heavy atom. The average Bonchev–Trinajstić information content (AvgIpc) is 2.46. The van der Waals surface area contributed by atoms with E-state index in [4.69, 9.17) is 20.3 Å². The largest absolute Gasteiger partial charge is 0.508 e. The van der Waals surface area contributed by atoms with E-state index in [1.54, 1.807) is 36.4 Å². The van der Waals surface area contributed by atoms with Crippen LogP contribution in [0.15, 0.2) is 48.5 Å². The van der Waals surface area contributed by atoms with Gasteiger partial charge in [-0.1, -0.05) is 36.4 Å². The number of para-hydroxylation sites is 2. The molecule has 2 aromatic carbocycles. The number of halogens is 1. The van der Waals surface area contributed by atoms with Crippen molar-refractivity contribution in [3.63, 3.8) is 0 Å². The Morgan fingerprint density at radius 2 is 1.24 bits per heavy atom. The maximum absolute atomic E-state index is 11.9. The number of phenols is 2. The summed E-state index contributed by atoms with van der Waals surface area (Å²) >= 11 is 5.69. The Hall–Kier alpha value is -1.52. The molecule has 0 heterocycles. The van der Waals surface area contributed by atoms with E-state index in [-0.39, 0.29) is 24.7 Å². The van der Waals surface area contributed by atoms with E-state index >= 15 is 0 Å². The molecule has 7 heteroatoms. The first-order valence-corrected chi connectivity index (χ1v) is 8.55. The summed E-state index contributed by atoms with van der Waals surface area (Å²) in [5.74, 6) is 0.0461.